The molecule has 0 aliphatic carbocycles. The topological polar surface area (TPSA) is 66.4 Å². The Bertz CT molecular complexity index is 1050. The highest BCUT2D eigenvalue weighted by Crippen LogP contribution is 2.40. The molecule has 0 radical (unpaired) electrons. The lowest BCUT2D eigenvalue weighted by Crippen LogP contribution is -2.53. The van der Waals surface area contributed by atoms with Crippen LogP contribution in [0.2, 0.25) is 5.02 Å². The number of methoxy groups -OCH3 is 1. The van der Waals surface area contributed by atoms with E-state index in [1.807, 2.05) is 59.2 Å². The number of amidine groups is 1. The third-order valence-electron chi connectivity index (χ3n) is 6.41. The number of aliphatic imine (C=N–C) groups is 1. The lowest BCUT2D eigenvalue weighted by atomic mass is 9.93. The van der Waals surface area contributed by atoms with E-state index < -0.39 is 0 Å². The van der Waals surface area contributed by atoms with Crippen molar-refractivity contribution in [2.45, 2.75) is 39.3 Å². The standard InChI is InChI=1S/C27H35ClN4O3/c1-5-35-24-17-21(34-4)10-11-22(24)26-30-23(16-18(2)3)25(19-6-8-20(28)9-7-19)32(26)27(33)31-14-12-29-13-15-31/h6-11,17-18,23,25,29H,5,12-16H2,1-4H3/t23?,25-/m0/s1. The van der Waals surface area contributed by atoms with Crippen LogP contribution in [0.5, 0.6) is 11.5 Å². The quantitative estimate of drug-likeness (QED) is 0.584. The second-order valence-electron chi connectivity index (χ2n) is 9.33. The number of nitrogens with one attached hydrogen (secondary N) is 1. The first-order chi connectivity index (χ1) is 16.9. The Balaban J connectivity index is 1.84. The molecule has 2 aliphatic heterocycles. The molecule has 2 aromatic rings. The molecule has 0 bridgehead atoms. The number of piperazine rings is 1. The van der Waals surface area contributed by atoms with E-state index in [2.05, 4.69) is 19.2 Å². The Morgan fingerprint density at radius 2 is 1.89 bits per heavy atom. The van der Waals surface area contributed by atoms with E-state index in [0.29, 0.717) is 48.0 Å². The molecule has 35 heavy (non-hydrogen) atoms. The van der Waals surface area contributed by atoms with Crippen LogP contribution in [0.25, 0.3) is 0 Å². The normalized spacial score (nSPS) is 20.2. The predicted molar refractivity (Wildman–Crippen MR) is 140 cm³/mol. The summed E-state index contributed by atoms with van der Waals surface area (Å²) in [6.45, 7) is 9.69. The van der Waals surface area contributed by atoms with Crippen LogP contribution in [0, 0.1) is 5.92 Å². The number of hydrogen-bond acceptors (Lipinski definition) is 5. The van der Waals surface area contributed by atoms with Crippen molar-refractivity contribution in [3.8, 4) is 11.5 Å². The minimum atomic E-state index is -0.233. The molecule has 2 aromatic carbocycles. The monoisotopic (exact) mass is 498 g/mol. The summed E-state index contributed by atoms with van der Waals surface area (Å²) < 4.78 is 11.4. The van der Waals surface area contributed by atoms with E-state index in [9.17, 15) is 4.79 Å². The van der Waals surface area contributed by atoms with Crippen molar-refractivity contribution in [2.24, 2.45) is 10.9 Å². The summed E-state index contributed by atoms with van der Waals surface area (Å²) in [5, 5.41) is 4.00. The van der Waals surface area contributed by atoms with Crippen molar-refractivity contribution in [3.05, 3.63) is 58.6 Å². The van der Waals surface area contributed by atoms with Gasteiger partial charge < -0.3 is 19.7 Å². The molecule has 7 nitrogen and oxygen atoms in total. The Labute approximate surface area is 213 Å². The number of benzene rings is 2. The van der Waals surface area contributed by atoms with Crippen molar-refractivity contribution in [3.63, 3.8) is 0 Å². The first kappa shape index (κ1) is 25.3. The van der Waals surface area contributed by atoms with Crippen LogP contribution in [0.15, 0.2) is 47.5 Å². The number of carbonyl (C=O) groups is 1. The zero-order valence-corrected chi connectivity index (χ0v) is 21.7. The van der Waals surface area contributed by atoms with Gasteiger partial charge in [0.25, 0.3) is 0 Å². The molecule has 2 aliphatic rings. The molecule has 188 valence electrons. The van der Waals surface area contributed by atoms with E-state index in [-0.39, 0.29) is 18.1 Å². The van der Waals surface area contributed by atoms with Gasteiger partial charge in [-0.05, 0) is 49.1 Å². The summed E-state index contributed by atoms with van der Waals surface area (Å²) in [5.74, 6) is 2.41. The van der Waals surface area contributed by atoms with Gasteiger partial charge in [0, 0.05) is 37.3 Å². The maximum atomic E-state index is 14.1. The van der Waals surface area contributed by atoms with Crippen molar-refractivity contribution >= 4 is 23.5 Å². The summed E-state index contributed by atoms with van der Waals surface area (Å²) in [6, 6.07) is 13.1. The lowest BCUT2D eigenvalue weighted by molar-refractivity contribution is 0.155. The zero-order chi connectivity index (χ0) is 24.9. The molecule has 2 atom stereocenters. The molecule has 1 saturated heterocycles. The number of rotatable bonds is 7. The van der Waals surface area contributed by atoms with Gasteiger partial charge in [-0.3, -0.25) is 9.89 Å². The number of hydrogen-bond donors (Lipinski definition) is 1. The SMILES string of the molecule is CCOc1cc(OC)ccc1C1=NC(CC(C)C)[C@H](c2ccc(Cl)cc2)N1C(=O)N1CCNCC1. The molecule has 2 heterocycles. The van der Waals surface area contributed by atoms with E-state index >= 15 is 0 Å². The fourth-order valence-corrected chi connectivity index (χ4v) is 4.92. The van der Waals surface area contributed by atoms with Crippen LogP contribution in [0.4, 0.5) is 4.79 Å². The Morgan fingerprint density at radius 3 is 2.51 bits per heavy atom. The molecule has 0 spiro atoms. The second-order valence-corrected chi connectivity index (χ2v) is 9.77. The van der Waals surface area contributed by atoms with Crippen molar-refractivity contribution in [1.29, 1.82) is 0 Å². The average Bonchev–Trinajstić information content (AvgIpc) is 3.22. The summed E-state index contributed by atoms with van der Waals surface area (Å²) >= 11 is 6.22. The highest BCUT2D eigenvalue weighted by Gasteiger charge is 2.44. The summed E-state index contributed by atoms with van der Waals surface area (Å²) in [5.41, 5.74) is 1.81. The van der Waals surface area contributed by atoms with Crippen molar-refractivity contribution < 1.29 is 14.3 Å². The fourth-order valence-electron chi connectivity index (χ4n) is 4.80. The van der Waals surface area contributed by atoms with Gasteiger partial charge in [-0.2, -0.15) is 0 Å². The molecular weight excluding hydrogens is 464 g/mol. The number of halogens is 1. The Kier molecular flexibility index (Phi) is 8.19. The minimum Gasteiger partial charge on any atom is -0.497 e. The van der Waals surface area contributed by atoms with Crippen LogP contribution in [0.3, 0.4) is 0 Å². The van der Waals surface area contributed by atoms with Gasteiger partial charge in [0.1, 0.15) is 17.3 Å². The van der Waals surface area contributed by atoms with Crippen LogP contribution in [0.1, 0.15) is 44.4 Å². The molecule has 1 fully saturated rings. The first-order valence-electron chi connectivity index (χ1n) is 12.4. The van der Waals surface area contributed by atoms with Crippen molar-refractivity contribution in [1.82, 2.24) is 15.1 Å². The van der Waals surface area contributed by atoms with Crippen LogP contribution < -0.4 is 14.8 Å². The van der Waals surface area contributed by atoms with E-state index in [4.69, 9.17) is 26.1 Å². The van der Waals surface area contributed by atoms with Gasteiger partial charge in [0.15, 0.2) is 0 Å². The summed E-state index contributed by atoms with van der Waals surface area (Å²) in [4.78, 5) is 23.1. The molecule has 0 saturated carbocycles. The molecule has 2 amide bonds. The van der Waals surface area contributed by atoms with E-state index in [0.717, 1.165) is 30.6 Å². The number of nitrogens with zero attached hydrogens (tertiary/aromatic N) is 3. The number of amides is 2. The van der Waals surface area contributed by atoms with Gasteiger partial charge >= 0.3 is 6.03 Å². The second kappa shape index (κ2) is 11.3. The van der Waals surface area contributed by atoms with Gasteiger partial charge in [0.05, 0.1) is 31.4 Å². The molecular formula is C27H35ClN4O3. The number of ether oxygens (including phenoxy) is 2. The molecule has 1 N–H and O–H groups in total. The number of urea groups is 1. The molecule has 8 heteroatoms. The highest BCUT2D eigenvalue weighted by molar-refractivity contribution is 6.30. The Hall–Kier alpha value is -2.77. The average molecular weight is 499 g/mol. The predicted octanol–water partition coefficient (Wildman–Crippen LogP) is 4.99. The van der Waals surface area contributed by atoms with E-state index in [1.165, 1.54) is 0 Å². The lowest BCUT2D eigenvalue weighted by Gasteiger charge is -2.36. The van der Waals surface area contributed by atoms with Gasteiger partial charge in [0.2, 0.25) is 0 Å². The minimum absolute atomic E-state index is 0.0327. The maximum absolute atomic E-state index is 14.1. The zero-order valence-electron chi connectivity index (χ0n) is 21.0. The van der Waals surface area contributed by atoms with Crippen LogP contribution in [-0.2, 0) is 0 Å². The maximum Gasteiger partial charge on any atom is 0.326 e. The molecule has 4 rings (SSSR count). The fraction of sp³-hybridized carbons (Fsp3) is 0.481. The number of carbonyl (C=O) groups excluding carboxylic acids is 1. The summed E-state index contributed by atoms with van der Waals surface area (Å²) in [6.07, 6.45) is 0.849. The van der Waals surface area contributed by atoms with Gasteiger partial charge in [-0.15, -0.1) is 0 Å². The van der Waals surface area contributed by atoms with Crippen molar-refractivity contribution in [2.75, 3.05) is 39.9 Å². The van der Waals surface area contributed by atoms with Gasteiger partial charge in [-0.1, -0.05) is 37.6 Å². The largest absolute Gasteiger partial charge is 0.497 e. The Morgan fingerprint density at radius 1 is 1.17 bits per heavy atom. The van der Waals surface area contributed by atoms with Crippen LogP contribution in [-0.4, -0.2) is 67.6 Å². The summed E-state index contributed by atoms with van der Waals surface area (Å²) in [7, 11) is 1.63. The van der Waals surface area contributed by atoms with E-state index in [1.54, 1.807) is 7.11 Å². The third-order valence-corrected chi connectivity index (χ3v) is 6.66. The molecule has 1 unspecified atom stereocenters. The highest BCUT2D eigenvalue weighted by atomic mass is 35.5. The first-order valence-corrected chi connectivity index (χ1v) is 12.7. The third kappa shape index (κ3) is 5.57. The van der Waals surface area contributed by atoms with Crippen LogP contribution >= 0.6 is 11.6 Å². The smallest absolute Gasteiger partial charge is 0.326 e. The molecule has 0 aromatic heterocycles. The van der Waals surface area contributed by atoms with Gasteiger partial charge in [-0.25, -0.2) is 4.79 Å².